The van der Waals surface area contributed by atoms with Crippen molar-refractivity contribution in [3.05, 3.63) is 0 Å². The Morgan fingerprint density at radius 2 is 1.71 bits per heavy atom. The molecule has 1 saturated heterocycles. The summed E-state index contributed by atoms with van der Waals surface area (Å²) in [5, 5.41) is 1.10. The van der Waals surface area contributed by atoms with E-state index in [0.29, 0.717) is 11.5 Å². The Balaban J connectivity index is 1.80. The Hall–Kier alpha value is 0.400. The second kappa shape index (κ2) is 7.10. The highest BCUT2D eigenvalue weighted by molar-refractivity contribution is 9.09. The molecule has 1 aliphatic carbocycles. The van der Waals surface area contributed by atoms with E-state index < -0.39 is 0 Å². The summed E-state index contributed by atoms with van der Waals surface area (Å²) in [7, 11) is 0. The van der Waals surface area contributed by atoms with Crippen LogP contribution in [0.2, 0.25) is 0 Å². The van der Waals surface area contributed by atoms with Gasteiger partial charge in [-0.05, 0) is 25.7 Å². The lowest BCUT2D eigenvalue weighted by Crippen LogP contribution is -2.33. The van der Waals surface area contributed by atoms with Crippen molar-refractivity contribution in [3.8, 4) is 0 Å². The van der Waals surface area contributed by atoms with E-state index in [0.717, 1.165) is 38.0 Å². The summed E-state index contributed by atoms with van der Waals surface area (Å²) in [5.41, 5.74) is 0.412. The van der Waals surface area contributed by atoms with Gasteiger partial charge in [-0.1, -0.05) is 41.6 Å². The van der Waals surface area contributed by atoms with Crippen LogP contribution in [-0.2, 0) is 9.47 Å². The first-order valence-electron chi connectivity index (χ1n) is 7.10. The van der Waals surface area contributed by atoms with Crippen LogP contribution in [0.3, 0.4) is 0 Å². The predicted octanol–water partition coefficient (Wildman–Crippen LogP) is 3.92. The van der Waals surface area contributed by atoms with Gasteiger partial charge in [0.15, 0.2) is 0 Å². The molecule has 0 spiro atoms. The van der Waals surface area contributed by atoms with Crippen molar-refractivity contribution in [1.82, 2.24) is 0 Å². The molecule has 17 heavy (non-hydrogen) atoms. The minimum absolute atomic E-state index is 0.412. The average Bonchev–Trinajstić information content (AvgIpc) is 2.64. The summed E-state index contributed by atoms with van der Waals surface area (Å²) in [6.45, 7) is 2.71. The minimum Gasteiger partial charge on any atom is -0.381 e. The third kappa shape index (κ3) is 4.22. The van der Waals surface area contributed by atoms with Crippen LogP contribution < -0.4 is 0 Å². The fraction of sp³-hybridized carbons (Fsp3) is 1.00. The molecule has 2 rings (SSSR count). The van der Waals surface area contributed by atoms with E-state index in [-0.39, 0.29) is 0 Å². The van der Waals surface area contributed by atoms with Gasteiger partial charge in [-0.25, -0.2) is 0 Å². The van der Waals surface area contributed by atoms with Crippen LogP contribution >= 0.6 is 15.9 Å². The number of alkyl halides is 1. The number of rotatable bonds is 4. The van der Waals surface area contributed by atoms with E-state index in [2.05, 4.69) is 15.9 Å². The molecule has 2 nitrogen and oxygen atoms in total. The summed E-state index contributed by atoms with van der Waals surface area (Å²) in [6, 6.07) is 0. The van der Waals surface area contributed by atoms with Crippen molar-refractivity contribution >= 4 is 15.9 Å². The summed E-state index contributed by atoms with van der Waals surface area (Å²) in [4.78, 5) is 0. The van der Waals surface area contributed by atoms with E-state index in [1.54, 1.807) is 0 Å². The van der Waals surface area contributed by atoms with Gasteiger partial charge in [-0.3, -0.25) is 0 Å². The Bertz CT molecular complexity index is 206. The van der Waals surface area contributed by atoms with Gasteiger partial charge in [0.05, 0.1) is 12.7 Å². The summed E-state index contributed by atoms with van der Waals surface area (Å²) >= 11 is 3.72. The molecule has 3 heteroatoms. The molecular formula is C14H25BrO2. The molecule has 1 saturated carbocycles. The second-order valence-corrected chi connectivity index (χ2v) is 6.23. The number of hydrogen-bond donors (Lipinski definition) is 0. The average molecular weight is 305 g/mol. The highest BCUT2D eigenvalue weighted by Crippen LogP contribution is 2.37. The fourth-order valence-electron chi connectivity index (χ4n) is 2.93. The maximum absolute atomic E-state index is 6.16. The summed E-state index contributed by atoms with van der Waals surface area (Å²) in [6.07, 6.45) is 10.9. The first kappa shape index (κ1) is 13.8. The van der Waals surface area contributed by atoms with E-state index in [1.807, 2.05) is 0 Å². The Morgan fingerprint density at radius 3 is 2.29 bits per heavy atom. The van der Waals surface area contributed by atoms with E-state index in [9.17, 15) is 0 Å². The van der Waals surface area contributed by atoms with Gasteiger partial charge in [-0.15, -0.1) is 0 Å². The molecule has 2 aliphatic rings. The first-order chi connectivity index (χ1) is 8.35. The molecule has 0 aromatic heterocycles. The molecule has 0 unspecified atom stereocenters. The maximum atomic E-state index is 6.16. The zero-order valence-electron chi connectivity index (χ0n) is 10.8. The number of ether oxygens (including phenoxy) is 2. The molecule has 1 aliphatic heterocycles. The van der Waals surface area contributed by atoms with Crippen molar-refractivity contribution in [3.63, 3.8) is 0 Å². The lowest BCUT2D eigenvalue weighted by atomic mass is 9.83. The summed E-state index contributed by atoms with van der Waals surface area (Å²) in [5.74, 6) is 0. The number of hydrogen-bond acceptors (Lipinski definition) is 2. The fourth-order valence-corrected chi connectivity index (χ4v) is 3.65. The van der Waals surface area contributed by atoms with Crippen molar-refractivity contribution in [2.24, 2.45) is 5.41 Å². The molecule has 0 N–H and O–H groups in total. The van der Waals surface area contributed by atoms with Gasteiger partial charge in [0.1, 0.15) is 0 Å². The molecule has 100 valence electrons. The van der Waals surface area contributed by atoms with Crippen LogP contribution in [0.1, 0.15) is 51.4 Å². The van der Waals surface area contributed by atoms with Gasteiger partial charge >= 0.3 is 0 Å². The molecule has 0 aromatic carbocycles. The first-order valence-corrected chi connectivity index (χ1v) is 8.22. The van der Waals surface area contributed by atoms with Gasteiger partial charge in [-0.2, -0.15) is 0 Å². The largest absolute Gasteiger partial charge is 0.381 e. The Kier molecular flexibility index (Phi) is 5.78. The molecule has 0 radical (unpaired) electrons. The van der Waals surface area contributed by atoms with Gasteiger partial charge < -0.3 is 9.47 Å². The lowest BCUT2D eigenvalue weighted by molar-refractivity contribution is -0.0604. The molecule has 0 bridgehead atoms. The lowest BCUT2D eigenvalue weighted by Gasteiger charge is -2.33. The molecule has 2 fully saturated rings. The van der Waals surface area contributed by atoms with Crippen LogP contribution in [0.15, 0.2) is 0 Å². The molecule has 0 atom stereocenters. The zero-order valence-corrected chi connectivity index (χ0v) is 12.3. The third-order valence-electron chi connectivity index (χ3n) is 4.24. The highest BCUT2D eigenvalue weighted by Gasteiger charge is 2.31. The maximum Gasteiger partial charge on any atom is 0.0619 e. The highest BCUT2D eigenvalue weighted by atomic mass is 79.9. The smallest absolute Gasteiger partial charge is 0.0619 e. The molecule has 1 heterocycles. The van der Waals surface area contributed by atoms with Crippen molar-refractivity contribution in [2.75, 3.05) is 25.2 Å². The van der Waals surface area contributed by atoms with Gasteiger partial charge in [0.2, 0.25) is 0 Å². The minimum atomic E-state index is 0.412. The normalized spacial score (nSPS) is 26.6. The SMILES string of the molecule is BrCC1(COC2CCOCC2)CCCCCC1. The second-order valence-electron chi connectivity index (χ2n) is 5.67. The van der Waals surface area contributed by atoms with Gasteiger partial charge in [0, 0.05) is 24.0 Å². The van der Waals surface area contributed by atoms with Gasteiger partial charge in [0.25, 0.3) is 0 Å². The molecule has 0 amide bonds. The topological polar surface area (TPSA) is 18.5 Å². The van der Waals surface area contributed by atoms with Crippen LogP contribution in [-0.4, -0.2) is 31.3 Å². The van der Waals surface area contributed by atoms with Crippen LogP contribution in [0.4, 0.5) is 0 Å². The van der Waals surface area contributed by atoms with Crippen molar-refractivity contribution in [2.45, 2.75) is 57.5 Å². The van der Waals surface area contributed by atoms with Crippen molar-refractivity contribution < 1.29 is 9.47 Å². The quantitative estimate of drug-likeness (QED) is 0.579. The van der Waals surface area contributed by atoms with E-state index >= 15 is 0 Å². The molecular weight excluding hydrogens is 280 g/mol. The van der Waals surface area contributed by atoms with Crippen LogP contribution in [0, 0.1) is 5.41 Å². The Morgan fingerprint density at radius 1 is 1.06 bits per heavy atom. The predicted molar refractivity (Wildman–Crippen MR) is 73.7 cm³/mol. The van der Waals surface area contributed by atoms with E-state index in [4.69, 9.17) is 9.47 Å². The van der Waals surface area contributed by atoms with Crippen LogP contribution in [0.5, 0.6) is 0 Å². The zero-order chi connectivity index (χ0) is 12.0. The Labute approximate surface area is 114 Å². The molecule has 0 aromatic rings. The van der Waals surface area contributed by atoms with Crippen LogP contribution in [0.25, 0.3) is 0 Å². The standard InChI is InChI=1S/C14H25BrO2/c15-11-14(7-3-1-2-4-8-14)12-17-13-5-9-16-10-6-13/h13H,1-12H2. The third-order valence-corrected chi connectivity index (χ3v) is 5.43. The van der Waals surface area contributed by atoms with E-state index in [1.165, 1.54) is 38.5 Å². The monoisotopic (exact) mass is 304 g/mol. The number of halogens is 1. The summed E-state index contributed by atoms with van der Waals surface area (Å²) < 4.78 is 11.5. The van der Waals surface area contributed by atoms with Crippen molar-refractivity contribution in [1.29, 1.82) is 0 Å².